The molecule has 8 heteroatoms. The minimum atomic E-state index is -0.211. The molecule has 4 aromatic rings. The lowest BCUT2D eigenvalue weighted by atomic mass is 10.0. The molecule has 1 fully saturated rings. The number of rotatable bonds is 6. The number of nitrogens with zero attached hydrogens (tertiary/aromatic N) is 4. The van der Waals surface area contributed by atoms with Crippen molar-refractivity contribution >= 4 is 23.0 Å². The van der Waals surface area contributed by atoms with Crippen LogP contribution in [-0.4, -0.2) is 33.9 Å². The number of benzene rings is 1. The van der Waals surface area contributed by atoms with Crippen LogP contribution in [0.4, 0.5) is 5.69 Å². The Balaban J connectivity index is 1.73. The summed E-state index contributed by atoms with van der Waals surface area (Å²) in [6, 6.07) is 19.5. The Morgan fingerprint density at radius 1 is 0.971 bits per heavy atom. The lowest BCUT2D eigenvalue weighted by Gasteiger charge is -2.30. The minimum absolute atomic E-state index is 0.186. The minimum Gasteiger partial charge on any atom is -0.497 e. The van der Waals surface area contributed by atoms with E-state index in [2.05, 4.69) is 49.9 Å². The lowest BCUT2D eigenvalue weighted by molar-refractivity contribution is 0.402. The van der Waals surface area contributed by atoms with Gasteiger partial charge in [-0.1, -0.05) is 6.07 Å². The number of aryl methyl sites for hydroxylation is 1. The maximum Gasteiger partial charge on any atom is 0.174 e. The number of anilines is 1. The summed E-state index contributed by atoms with van der Waals surface area (Å²) in [6.07, 6.45) is 5.44. The smallest absolute Gasteiger partial charge is 0.174 e. The van der Waals surface area contributed by atoms with Crippen LogP contribution in [0.1, 0.15) is 29.2 Å². The Kier molecular flexibility index (Phi) is 5.90. The van der Waals surface area contributed by atoms with Crippen molar-refractivity contribution in [3.05, 3.63) is 96.3 Å². The number of ether oxygens (including phenoxy) is 2. The van der Waals surface area contributed by atoms with Gasteiger partial charge in [0, 0.05) is 29.8 Å². The maximum absolute atomic E-state index is 5.90. The molecule has 1 aliphatic rings. The predicted octanol–water partition coefficient (Wildman–Crippen LogP) is 4.77. The third-order valence-corrected chi connectivity index (χ3v) is 6.37. The third-order valence-electron chi connectivity index (χ3n) is 6.06. The Morgan fingerprint density at radius 3 is 2.56 bits per heavy atom. The normalized spacial score (nSPS) is 17.5. The second-order valence-electron chi connectivity index (χ2n) is 7.98. The third kappa shape index (κ3) is 3.76. The van der Waals surface area contributed by atoms with E-state index in [-0.39, 0.29) is 12.1 Å². The molecule has 0 radical (unpaired) electrons. The molecule has 7 nitrogen and oxygen atoms in total. The molecule has 3 aromatic heterocycles. The van der Waals surface area contributed by atoms with Crippen LogP contribution in [0.15, 0.2) is 79.3 Å². The first-order chi connectivity index (χ1) is 16.6. The average Bonchev–Trinajstić information content (AvgIpc) is 3.43. The van der Waals surface area contributed by atoms with Crippen molar-refractivity contribution < 1.29 is 9.47 Å². The van der Waals surface area contributed by atoms with E-state index in [1.54, 1.807) is 26.6 Å². The van der Waals surface area contributed by atoms with Gasteiger partial charge in [-0.15, -0.1) is 0 Å². The van der Waals surface area contributed by atoms with E-state index in [9.17, 15) is 0 Å². The molecule has 34 heavy (non-hydrogen) atoms. The number of pyridine rings is 2. The van der Waals surface area contributed by atoms with Gasteiger partial charge >= 0.3 is 0 Å². The second kappa shape index (κ2) is 9.15. The van der Waals surface area contributed by atoms with E-state index in [0.29, 0.717) is 10.9 Å². The molecule has 1 aromatic carbocycles. The first-order valence-corrected chi connectivity index (χ1v) is 11.3. The van der Waals surface area contributed by atoms with Crippen LogP contribution < -0.4 is 19.7 Å². The fourth-order valence-electron chi connectivity index (χ4n) is 4.53. The fraction of sp³-hybridized carbons (Fsp3) is 0.192. The maximum atomic E-state index is 5.90. The van der Waals surface area contributed by atoms with Gasteiger partial charge < -0.3 is 24.3 Å². The molecule has 1 aliphatic heterocycles. The van der Waals surface area contributed by atoms with Crippen molar-refractivity contribution in [2.45, 2.75) is 19.0 Å². The first kappa shape index (κ1) is 21.9. The van der Waals surface area contributed by atoms with E-state index in [1.165, 1.54) is 0 Å². The average molecular weight is 472 g/mol. The van der Waals surface area contributed by atoms with Gasteiger partial charge in [-0.2, -0.15) is 0 Å². The molecule has 172 valence electrons. The van der Waals surface area contributed by atoms with Crippen LogP contribution >= 0.6 is 12.2 Å². The molecule has 0 amide bonds. The number of hydrogen-bond donors (Lipinski definition) is 1. The van der Waals surface area contributed by atoms with Crippen LogP contribution in [-0.2, 0) is 0 Å². The van der Waals surface area contributed by atoms with Crippen molar-refractivity contribution in [2.75, 3.05) is 19.1 Å². The van der Waals surface area contributed by atoms with Crippen molar-refractivity contribution in [1.29, 1.82) is 0 Å². The number of thiocarbonyl (C=S) groups is 1. The van der Waals surface area contributed by atoms with Gasteiger partial charge in [-0.25, -0.2) is 0 Å². The summed E-state index contributed by atoms with van der Waals surface area (Å²) in [5.41, 5.74) is 4.85. The summed E-state index contributed by atoms with van der Waals surface area (Å²) in [5, 5.41) is 4.10. The molecular weight excluding hydrogens is 446 g/mol. The molecule has 1 saturated heterocycles. The van der Waals surface area contributed by atoms with Gasteiger partial charge in [0.2, 0.25) is 0 Å². The van der Waals surface area contributed by atoms with E-state index in [1.807, 2.05) is 48.7 Å². The van der Waals surface area contributed by atoms with Crippen molar-refractivity contribution in [3.8, 4) is 17.2 Å². The standard InChI is InChI=1S/C26H25N5O2S/c1-17-9-11-21(30(17)18-7-6-13-27-16-18)25-24(20-8-4-5-14-28-20)29-26(34)31(25)22-15-19(32-2)10-12-23(22)33-3/h4-16,24-25H,1-3H3,(H,29,34). The molecule has 0 spiro atoms. The lowest BCUT2D eigenvalue weighted by Crippen LogP contribution is -2.30. The van der Waals surface area contributed by atoms with Crippen LogP contribution in [0.2, 0.25) is 0 Å². The summed E-state index contributed by atoms with van der Waals surface area (Å²) >= 11 is 5.90. The number of aromatic nitrogens is 3. The summed E-state index contributed by atoms with van der Waals surface area (Å²) in [6.45, 7) is 2.09. The summed E-state index contributed by atoms with van der Waals surface area (Å²) in [4.78, 5) is 11.1. The zero-order chi connectivity index (χ0) is 23.7. The van der Waals surface area contributed by atoms with Crippen LogP contribution in [0.3, 0.4) is 0 Å². The highest BCUT2D eigenvalue weighted by Crippen LogP contribution is 2.46. The second-order valence-corrected chi connectivity index (χ2v) is 8.37. The van der Waals surface area contributed by atoms with Crippen LogP contribution in [0.25, 0.3) is 5.69 Å². The highest BCUT2D eigenvalue weighted by molar-refractivity contribution is 7.80. The van der Waals surface area contributed by atoms with Crippen molar-refractivity contribution in [1.82, 2.24) is 19.9 Å². The molecule has 0 bridgehead atoms. The van der Waals surface area contributed by atoms with Crippen molar-refractivity contribution in [2.24, 2.45) is 0 Å². The van der Waals surface area contributed by atoms with E-state index < -0.39 is 0 Å². The van der Waals surface area contributed by atoms with Gasteiger partial charge in [0.05, 0.1) is 43.5 Å². The largest absolute Gasteiger partial charge is 0.497 e. The van der Waals surface area contributed by atoms with Gasteiger partial charge in [-0.05, 0) is 67.7 Å². The number of nitrogens with one attached hydrogen (secondary N) is 1. The Labute approximate surface area is 204 Å². The Morgan fingerprint density at radius 2 is 1.85 bits per heavy atom. The zero-order valence-electron chi connectivity index (χ0n) is 19.2. The number of methoxy groups -OCH3 is 2. The monoisotopic (exact) mass is 471 g/mol. The van der Waals surface area contributed by atoms with Crippen molar-refractivity contribution in [3.63, 3.8) is 0 Å². The first-order valence-electron chi connectivity index (χ1n) is 10.9. The van der Waals surface area contributed by atoms with Crippen LogP contribution in [0.5, 0.6) is 11.5 Å². The molecule has 1 N–H and O–H groups in total. The molecule has 2 atom stereocenters. The summed E-state index contributed by atoms with van der Waals surface area (Å²) in [5.74, 6) is 1.42. The molecule has 2 unspecified atom stereocenters. The quantitative estimate of drug-likeness (QED) is 0.407. The van der Waals surface area contributed by atoms with Crippen LogP contribution in [0, 0.1) is 6.92 Å². The molecule has 4 heterocycles. The van der Waals surface area contributed by atoms with Gasteiger partial charge in [-0.3, -0.25) is 9.97 Å². The Hall–Kier alpha value is -3.91. The highest BCUT2D eigenvalue weighted by Gasteiger charge is 2.43. The van der Waals surface area contributed by atoms with E-state index >= 15 is 0 Å². The molecular formula is C26H25N5O2S. The van der Waals surface area contributed by atoms with Gasteiger partial charge in [0.25, 0.3) is 0 Å². The molecule has 5 rings (SSSR count). The predicted molar refractivity (Wildman–Crippen MR) is 136 cm³/mol. The molecule has 0 saturated carbocycles. The van der Waals surface area contributed by atoms with Gasteiger partial charge in [0.1, 0.15) is 17.5 Å². The SMILES string of the molecule is COc1ccc(OC)c(N2C(=S)NC(c3ccccn3)C2c2ccc(C)n2-c2cccnc2)c1. The highest BCUT2D eigenvalue weighted by atomic mass is 32.1. The zero-order valence-corrected chi connectivity index (χ0v) is 20.0. The Bertz CT molecular complexity index is 1310. The summed E-state index contributed by atoms with van der Waals surface area (Å²) < 4.78 is 13.5. The van der Waals surface area contributed by atoms with Gasteiger partial charge in [0.15, 0.2) is 5.11 Å². The van der Waals surface area contributed by atoms with E-state index in [0.717, 1.165) is 34.2 Å². The fourth-order valence-corrected chi connectivity index (χ4v) is 4.87. The molecule has 0 aliphatic carbocycles. The van der Waals surface area contributed by atoms with E-state index in [4.69, 9.17) is 21.7 Å². The summed E-state index contributed by atoms with van der Waals surface area (Å²) in [7, 11) is 3.31. The number of hydrogen-bond acceptors (Lipinski definition) is 5. The topological polar surface area (TPSA) is 64.4 Å².